The second-order valence-electron chi connectivity index (χ2n) is 2.89. The van der Waals surface area contributed by atoms with Gasteiger partial charge in [0.15, 0.2) is 0 Å². The fraction of sp³-hybridized carbons (Fsp3) is 0. The molecular formula is C10H4Cl2N4O. The molecule has 0 saturated heterocycles. The molecular weight excluding hydrogens is 263 g/mol. The van der Waals surface area contributed by atoms with Crippen LogP contribution in [0.1, 0.15) is 5.56 Å². The highest BCUT2D eigenvalue weighted by atomic mass is 35.5. The first kappa shape index (κ1) is 11.6. The van der Waals surface area contributed by atoms with E-state index in [0.29, 0.717) is 11.3 Å². The molecule has 0 aliphatic carbocycles. The molecule has 0 atom stereocenters. The summed E-state index contributed by atoms with van der Waals surface area (Å²) in [5.74, 6) is 0.474. The summed E-state index contributed by atoms with van der Waals surface area (Å²) >= 11 is 11.2. The molecule has 0 spiro atoms. The molecule has 0 unspecified atom stereocenters. The maximum absolute atomic E-state index is 8.63. The van der Waals surface area contributed by atoms with Crippen molar-refractivity contribution >= 4 is 23.2 Å². The molecule has 0 fully saturated rings. The zero-order chi connectivity index (χ0) is 12.3. The molecule has 0 aliphatic heterocycles. The highest BCUT2D eigenvalue weighted by molar-refractivity contribution is 6.31. The number of hydrogen-bond donors (Lipinski definition) is 0. The van der Waals surface area contributed by atoms with E-state index in [-0.39, 0.29) is 16.6 Å². The Bertz CT molecular complexity index is 560. The van der Waals surface area contributed by atoms with Crippen LogP contribution in [0.4, 0.5) is 0 Å². The normalized spacial score (nSPS) is 9.71. The van der Waals surface area contributed by atoms with Crippen molar-refractivity contribution in [1.29, 1.82) is 5.26 Å². The third kappa shape index (κ3) is 3.03. The predicted octanol–water partition coefficient (Wildman–Crippen LogP) is 2.84. The van der Waals surface area contributed by atoms with E-state index in [1.165, 1.54) is 0 Å². The fourth-order valence-corrected chi connectivity index (χ4v) is 1.41. The van der Waals surface area contributed by atoms with Crippen molar-refractivity contribution in [3.05, 3.63) is 40.4 Å². The summed E-state index contributed by atoms with van der Waals surface area (Å²) in [5, 5.41) is 8.54. The minimum absolute atomic E-state index is 0.000271. The van der Waals surface area contributed by atoms with Gasteiger partial charge in [0.2, 0.25) is 10.6 Å². The quantitative estimate of drug-likeness (QED) is 0.836. The summed E-state index contributed by atoms with van der Waals surface area (Å²) in [6.07, 6.45) is 0. The van der Waals surface area contributed by atoms with Gasteiger partial charge < -0.3 is 4.74 Å². The number of rotatable bonds is 2. The Morgan fingerprint density at radius 2 is 1.59 bits per heavy atom. The van der Waals surface area contributed by atoms with Crippen LogP contribution in [0.5, 0.6) is 11.8 Å². The molecule has 0 N–H and O–H groups in total. The number of halogens is 2. The van der Waals surface area contributed by atoms with Gasteiger partial charge in [0.05, 0.1) is 11.6 Å². The van der Waals surface area contributed by atoms with Gasteiger partial charge in [-0.1, -0.05) is 0 Å². The van der Waals surface area contributed by atoms with Crippen LogP contribution < -0.4 is 4.74 Å². The van der Waals surface area contributed by atoms with E-state index in [2.05, 4.69) is 15.0 Å². The zero-order valence-electron chi connectivity index (χ0n) is 8.26. The first-order valence-corrected chi connectivity index (χ1v) is 5.18. The summed E-state index contributed by atoms with van der Waals surface area (Å²) in [4.78, 5) is 11.1. The predicted molar refractivity (Wildman–Crippen MR) is 61.1 cm³/mol. The second kappa shape index (κ2) is 4.95. The molecule has 1 aromatic heterocycles. The van der Waals surface area contributed by atoms with Crippen LogP contribution in [-0.2, 0) is 0 Å². The maximum Gasteiger partial charge on any atom is 0.327 e. The van der Waals surface area contributed by atoms with Gasteiger partial charge in [-0.3, -0.25) is 0 Å². The smallest absolute Gasteiger partial charge is 0.327 e. The Hall–Kier alpha value is -1.90. The number of ether oxygens (including phenoxy) is 1. The van der Waals surface area contributed by atoms with Crippen molar-refractivity contribution in [3.63, 3.8) is 0 Å². The van der Waals surface area contributed by atoms with Crippen LogP contribution >= 0.6 is 23.2 Å². The van der Waals surface area contributed by atoms with Crippen LogP contribution in [0.3, 0.4) is 0 Å². The Morgan fingerprint density at radius 3 is 2.12 bits per heavy atom. The summed E-state index contributed by atoms with van der Waals surface area (Å²) in [6, 6.07) is 8.45. The lowest BCUT2D eigenvalue weighted by molar-refractivity contribution is 0.439. The Labute approximate surface area is 107 Å². The number of nitriles is 1. The molecule has 17 heavy (non-hydrogen) atoms. The fourth-order valence-electron chi connectivity index (χ4n) is 1.06. The Balaban J connectivity index is 2.22. The van der Waals surface area contributed by atoms with E-state index in [4.69, 9.17) is 33.2 Å². The monoisotopic (exact) mass is 266 g/mol. The molecule has 0 saturated carbocycles. The van der Waals surface area contributed by atoms with E-state index in [0.717, 1.165) is 0 Å². The van der Waals surface area contributed by atoms with Gasteiger partial charge in [-0.25, -0.2) is 0 Å². The molecule has 1 heterocycles. The van der Waals surface area contributed by atoms with Crippen molar-refractivity contribution in [2.24, 2.45) is 0 Å². The van der Waals surface area contributed by atoms with E-state index in [1.807, 2.05) is 6.07 Å². The Kier molecular flexibility index (Phi) is 3.38. The lowest BCUT2D eigenvalue weighted by Gasteiger charge is -2.03. The van der Waals surface area contributed by atoms with Gasteiger partial charge in [-0.15, -0.1) is 0 Å². The van der Waals surface area contributed by atoms with Crippen LogP contribution in [0.2, 0.25) is 10.6 Å². The molecule has 0 aliphatic rings. The van der Waals surface area contributed by atoms with Gasteiger partial charge in [-0.2, -0.15) is 20.2 Å². The molecule has 0 radical (unpaired) electrons. The maximum atomic E-state index is 8.63. The Morgan fingerprint density at radius 1 is 1.00 bits per heavy atom. The van der Waals surface area contributed by atoms with Crippen LogP contribution in [0.25, 0.3) is 0 Å². The van der Waals surface area contributed by atoms with Crippen molar-refractivity contribution in [2.45, 2.75) is 0 Å². The van der Waals surface area contributed by atoms with Gasteiger partial charge in [0.1, 0.15) is 5.75 Å². The minimum Gasteiger partial charge on any atom is -0.424 e. The van der Waals surface area contributed by atoms with Gasteiger partial charge in [0.25, 0.3) is 0 Å². The molecule has 7 heteroatoms. The standard InChI is InChI=1S/C10H4Cl2N4O/c11-8-14-9(12)16-10(15-8)17-7-3-1-6(5-13)2-4-7/h1-4H. The summed E-state index contributed by atoms with van der Waals surface area (Å²) in [7, 11) is 0. The van der Waals surface area contributed by atoms with Crippen molar-refractivity contribution in [3.8, 4) is 17.8 Å². The molecule has 84 valence electrons. The molecule has 0 amide bonds. The van der Waals surface area contributed by atoms with Crippen molar-refractivity contribution in [1.82, 2.24) is 15.0 Å². The summed E-state index contributed by atoms with van der Waals surface area (Å²) in [6.45, 7) is 0. The van der Waals surface area contributed by atoms with Crippen LogP contribution in [0, 0.1) is 11.3 Å². The number of hydrogen-bond acceptors (Lipinski definition) is 5. The van der Waals surface area contributed by atoms with Crippen molar-refractivity contribution in [2.75, 3.05) is 0 Å². The molecule has 0 bridgehead atoms. The number of aromatic nitrogens is 3. The average molecular weight is 267 g/mol. The van der Waals surface area contributed by atoms with Crippen LogP contribution in [-0.4, -0.2) is 15.0 Å². The number of benzene rings is 1. The zero-order valence-corrected chi connectivity index (χ0v) is 9.77. The van der Waals surface area contributed by atoms with E-state index in [9.17, 15) is 0 Å². The second-order valence-corrected chi connectivity index (χ2v) is 3.57. The lowest BCUT2D eigenvalue weighted by atomic mass is 10.2. The highest BCUT2D eigenvalue weighted by Gasteiger charge is 2.05. The average Bonchev–Trinajstić information content (AvgIpc) is 2.28. The summed E-state index contributed by atoms with van der Waals surface area (Å²) in [5.41, 5.74) is 0.532. The first-order valence-electron chi connectivity index (χ1n) is 4.42. The molecule has 5 nitrogen and oxygen atoms in total. The third-order valence-corrected chi connectivity index (χ3v) is 2.09. The summed E-state index contributed by atoms with van der Waals surface area (Å²) < 4.78 is 5.30. The van der Waals surface area contributed by atoms with Crippen molar-refractivity contribution < 1.29 is 4.74 Å². The first-order chi connectivity index (χ1) is 8.17. The molecule has 2 aromatic rings. The van der Waals surface area contributed by atoms with Gasteiger partial charge >= 0.3 is 6.01 Å². The van der Waals surface area contributed by atoms with Gasteiger partial charge in [-0.05, 0) is 47.5 Å². The van der Waals surface area contributed by atoms with Crippen LogP contribution in [0.15, 0.2) is 24.3 Å². The minimum atomic E-state index is -0.0476. The molecule has 2 rings (SSSR count). The highest BCUT2D eigenvalue weighted by Crippen LogP contribution is 2.20. The molecule has 1 aromatic carbocycles. The third-order valence-electron chi connectivity index (χ3n) is 1.75. The van der Waals surface area contributed by atoms with E-state index in [1.54, 1.807) is 24.3 Å². The largest absolute Gasteiger partial charge is 0.424 e. The lowest BCUT2D eigenvalue weighted by Crippen LogP contribution is -1.95. The van der Waals surface area contributed by atoms with Gasteiger partial charge in [0, 0.05) is 0 Å². The van der Waals surface area contributed by atoms with E-state index < -0.39 is 0 Å². The van der Waals surface area contributed by atoms with E-state index >= 15 is 0 Å². The SMILES string of the molecule is N#Cc1ccc(Oc2nc(Cl)nc(Cl)n2)cc1. The topological polar surface area (TPSA) is 71.7 Å². The number of nitrogens with zero attached hydrogens (tertiary/aromatic N) is 4.